The van der Waals surface area contributed by atoms with Crippen LogP contribution in [0.5, 0.6) is 0 Å². The SMILES string of the molecule is O=S(=O)(c1ccccc1)n1c(Cc2c(Cl)[c]ccc2Cl)cc2ccc(C(F)(F)F)cc21. The number of hydrogen-bond acceptors (Lipinski definition) is 2. The third-order valence-corrected chi connectivity index (χ3v) is 7.26. The van der Waals surface area contributed by atoms with Gasteiger partial charge in [0, 0.05) is 28.6 Å². The molecule has 0 saturated carbocycles. The van der Waals surface area contributed by atoms with Crippen molar-refractivity contribution in [2.45, 2.75) is 17.5 Å². The lowest BCUT2D eigenvalue weighted by Gasteiger charge is -2.14. The quantitative estimate of drug-likeness (QED) is 0.328. The lowest BCUT2D eigenvalue weighted by atomic mass is 10.1. The molecule has 0 aliphatic rings. The Morgan fingerprint density at radius 2 is 1.68 bits per heavy atom. The van der Waals surface area contributed by atoms with Gasteiger partial charge in [-0.1, -0.05) is 53.5 Å². The lowest BCUT2D eigenvalue weighted by molar-refractivity contribution is -0.137. The summed E-state index contributed by atoms with van der Waals surface area (Å²) in [5, 5.41) is 0.848. The Labute approximate surface area is 186 Å². The summed E-state index contributed by atoms with van der Waals surface area (Å²) in [6.07, 6.45) is -4.64. The van der Waals surface area contributed by atoms with Crippen molar-refractivity contribution in [3.05, 3.63) is 99.7 Å². The second-order valence-electron chi connectivity index (χ2n) is 6.78. The van der Waals surface area contributed by atoms with Gasteiger partial charge in [0.15, 0.2) is 0 Å². The molecule has 0 aliphatic carbocycles. The Balaban J connectivity index is 2.01. The summed E-state index contributed by atoms with van der Waals surface area (Å²) in [6, 6.07) is 17.9. The molecular formula is C22H13Cl2F3NO2S. The van der Waals surface area contributed by atoms with Gasteiger partial charge in [-0.05, 0) is 42.0 Å². The standard InChI is InChI=1S/C22H13Cl2F3NO2S/c23-19-7-4-8-20(24)18(19)13-16-11-14-9-10-15(22(25,26)27)12-21(14)28(16)31(29,30)17-5-2-1-3-6-17/h1-7,9-12H,13H2. The summed E-state index contributed by atoms with van der Waals surface area (Å²) in [4.78, 5) is -0.0528. The second-order valence-corrected chi connectivity index (χ2v) is 9.36. The summed E-state index contributed by atoms with van der Waals surface area (Å²) in [5.74, 6) is 0. The molecule has 0 unspecified atom stereocenters. The molecule has 31 heavy (non-hydrogen) atoms. The predicted octanol–water partition coefficient (Wildman–Crippen LogP) is 6.59. The fraction of sp³-hybridized carbons (Fsp3) is 0.0909. The summed E-state index contributed by atoms with van der Waals surface area (Å²) in [6.45, 7) is 0. The van der Waals surface area contributed by atoms with Gasteiger partial charge in [-0.25, -0.2) is 12.4 Å². The van der Waals surface area contributed by atoms with Crippen LogP contribution >= 0.6 is 23.2 Å². The Kier molecular flexibility index (Phi) is 5.54. The smallest absolute Gasteiger partial charge is 0.238 e. The van der Waals surface area contributed by atoms with E-state index in [0.29, 0.717) is 16.0 Å². The zero-order valence-corrected chi connectivity index (χ0v) is 17.9. The molecule has 0 atom stereocenters. The van der Waals surface area contributed by atoms with Gasteiger partial charge in [-0.2, -0.15) is 13.2 Å². The first kappa shape index (κ1) is 21.7. The molecule has 3 nitrogen and oxygen atoms in total. The molecule has 1 radical (unpaired) electrons. The highest BCUT2D eigenvalue weighted by molar-refractivity contribution is 7.90. The number of alkyl halides is 3. The van der Waals surface area contributed by atoms with E-state index in [2.05, 4.69) is 6.07 Å². The maximum atomic E-state index is 13.5. The maximum absolute atomic E-state index is 13.5. The molecule has 0 N–H and O–H groups in total. The third-order valence-electron chi connectivity index (χ3n) is 4.79. The minimum Gasteiger partial charge on any atom is -0.238 e. The zero-order valence-electron chi connectivity index (χ0n) is 15.6. The van der Waals surface area contributed by atoms with Crippen LogP contribution in [0.15, 0.2) is 71.6 Å². The molecule has 1 aromatic heterocycles. The van der Waals surface area contributed by atoms with Crippen LogP contribution in [0.3, 0.4) is 0 Å². The molecule has 4 rings (SSSR count). The number of aromatic nitrogens is 1. The molecule has 159 valence electrons. The Morgan fingerprint density at radius 3 is 2.32 bits per heavy atom. The van der Waals surface area contributed by atoms with E-state index in [9.17, 15) is 21.6 Å². The van der Waals surface area contributed by atoms with Crippen LogP contribution in [-0.2, 0) is 22.6 Å². The average Bonchev–Trinajstić information content (AvgIpc) is 3.09. The van der Waals surface area contributed by atoms with Gasteiger partial charge in [0.1, 0.15) is 0 Å². The molecule has 0 spiro atoms. The van der Waals surface area contributed by atoms with Crippen LogP contribution in [0.1, 0.15) is 16.8 Å². The van der Waals surface area contributed by atoms with Crippen molar-refractivity contribution in [2.75, 3.05) is 0 Å². The largest absolute Gasteiger partial charge is 0.416 e. The number of benzene rings is 3. The Hall–Kier alpha value is -2.48. The van der Waals surface area contributed by atoms with Gasteiger partial charge in [-0.15, -0.1) is 0 Å². The minimum absolute atomic E-state index is 0.0168. The van der Waals surface area contributed by atoms with Gasteiger partial charge in [0.2, 0.25) is 0 Å². The summed E-state index contributed by atoms with van der Waals surface area (Å²) < 4.78 is 67.8. The maximum Gasteiger partial charge on any atom is 0.416 e. The van der Waals surface area contributed by atoms with Crippen LogP contribution in [-0.4, -0.2) is 12.4 Å². The van der Waals surface area contributed by atoms with Gasteiger partial charge < -0.3 is 0 Å². The van der Waals surface area contributed by atoms with E-state index in [0.717, 1.165) is 16.1 Å². The highest BCUT2D eigenvalue weighted by Gasteiger charge is 2.32. The fourth-order valence-electron chi connectivity index (χ4n) is 3.34. The first-order valence-electron chi connectivity index (χ1n) is 8.96. The topological polar surface area (TPSA) is 39.1 Å². The number of rotatable bonds is 4. The van der Waals surface area contributed by atoms with Crippen molar-refractivity contribution in [3.63, 3.8) is 0 Å². The number of nitrogens with zero attached hydrogens (tertiary/aromatic N) is 1. The average molecular weight is 483 g/mol. The molecule has 0 aliphatic heterocycles. The van der Waals surface area contributed by atoms with E-state index in [1.165, 1.54) is 30.3 Å². The number of hydrogen-bond donors (Lipinski definition) is 0. The minimum atomic E-state index is -4.62. The van der Waals surface area contributed by atoms with Gasteiger partial charge in [0.05, 0.1) is 21.0 Å². The van der Waals surface area contributed by atoms with E-state index < -0.39 is 21.8 Å². The second kappa shape index (κ2) is 7.89. The third kappa shape index (κ3) is 4.05. The van der Waals surface area contributed by atoms with Crippen LogP contribution in [0.25, 0.3) is 10.9 Å². The highest BCUT2D eigenvalue weighted by atomic mass is 35.5. The molecule has 0 amide bonds. The molecule has 1 heterocycles. The molecular weight excluding hydrogens is 470 g/mol. The summed E-state index contributed by atoms with van der Waals surface area (Å²) >= 11 is 12.4. The predicted molar refractivity (Wildman–Crippen MR) is 114 cm³/mol. The highest BCUT2D eigenvalue weighted by Crippen LogP contribution is 2.35. The Bertz CT molecular complexity index is 1360. The van der Waals surface area contributed by atoms with E-state index in [4.69, 9.17) is 23.2 Å². The molecule has 0 fully saturated rings. The van der Waals surface area contributed by atoms with Crippen LogP contribution in [0, 0.1) is 6.07 Å². The van der Waals surface area contributed by atoms with Crippen molar-refractivity contribution in [3.8, 4) is 0 Å². The van der Waals surface area contributed by atoms with Gasteiger partial charge in [-0.3, -0.25) is 0 Å². The zero-order chi connectivity index (χ0) is 22.4. The summed E-state index contributed by atoms with van der Waals surface area (Å²) in [7, 11) is -4.21. The van der Waals surface area contributed by atoms with Crippen molar-refractivity contribution in [1.82, 2.24) is 3.97 Å². The van der Waals surface area contributed by atoms with Crippen molar-refractivity contribution in [1.29, 1.82) is 0 Å². The first-order valence-corrected chi connectivity index (χ1v) is 11.2. The first-order chi connectivity index (χ1) is 14.6. The molecule has 0 bridgehead atoms. The number of halogens is 5. The van der Waals surface area contributed by atoms with Crippen LogP contribution < -0.4 is 0 Å². The van der Waals surface area contributed by atoms with Gasteiger partial charge in [0.25, 0.3) is 10.0 Å². The van der Waals surface area contributed by atoms with E-state index in [-0.39, 0.29) is 27.5 Å². The monoisotopic (exact) mass is 482 g/mol. The Morgan fingerprint density at radius 1 is 0.968 bits per heavy atom. The van der Waals surface area contributed by atoms with Crippen molar-refractivity contribution in [2.24, 2.45) is 0 Å². The van der Waals surface area contributed by atoms with Gasteiger partial charge >= 0.3 is 6.18 Å². The van der Waals surface area contributed by atoms with Crippen LogP contribution in [0.4, 0.5) is 13.2 Å². The normalized spacial score (nSPS) is 12.4. The van der Waals surface area contributed by atoms with Crippen molar-refractivity contribution >= 4 is 44.1 Å². The summed E-state index contributed by atoms with van der Waals surface area (Å²) in [5.41, 5.74) is -0.380. The van der Waals surface area contributed by atoms with E-state index in [1.807, 2.05) is 0 Å². The molecule has 0 saturated heterocycles. The fourth-order valence-corrected chi connectivity index (χ4v) is 5.40. The molecule has 9 heteroatoms. The van der Waals surface area contributed by atoms with E-state index >= 15 is 0 Å². The number of fused-ring (bicyclic) bond motifs is 1. The molecule has 4 aromatic rings. The van der Waals surface area contributed by atoms with Crippen LogP contribution in [0.2, 0.25) is 10.0 Å². The van der Waals surface area contributed by atoms with Crippen molar-refractivity contribution < 1.29 is 21.6 Å². The molecule has 3 aromatic carbocycles. The van der Waals surface area contributed by atoms with E-state index in [1.54, 1.807) is 24.3 Å². The lowest BCUT2D eigenvalue weighted by Crippen LogP contribution is -2.16.